The van der Waals surface area contributed by atoms with Crippen LogP contribution in [0.4, 0.5) is 0 Å². The van der Waals surface area contributed by atoms with Crippen molar-refractivity contribution >= 4 is 17.5 Å². The van der Waals surface area contributed by atoms with Crippen LogP contribution in [0.3, 0.4) is 0 Å². The Hall–Kier alpha value is -0.760. The van der Waals surface area contributed by atoms with Gasteiger partial charge in [0.1, 0.15) is 0 Å². The quantitative estimate of drug-likeness (QED) is 0.688. The van der Waals surface area contributed by atoms with E-state index in [1.807, 2.05) is 38.3 Å². The molecule has 70 valence electrons. The first-order chi connectivity index (χ1) is 6.15. The van der Waals surface area contributed by atoms with Crippen LogP contribution in [0.25, 0.3) is 0 Å². The zero-order valence-electron chi connectivity index (χ0n) is 8.26. The van der Waals surface area contributed by atoms with E-state index in [4.69, 9.17) is 0 Å². The number of Topliss-reactive ketones (excluding diaryl/α,β-unsaturated/α-hetero) is 1. The van der Waals surface area contributed by atoms with Crippen LogP contribution in [0.2, 0.25) is 0 Å². The first-order valence-corrected chi connectivity index (χ1v) is 5.64. The largest absolute Gasteiger partial charge is 0.293 e. The van der Waals surface area contributed by atoms with Gasteiger partial charge in [-0.1, -0.05) is 23.8 Å². The molecule has 1 aromatic rings. The number of hydrogen-bond donors (Lipinski definition) is 0. The number of carbonyl (C=O) groups excluding carboxylic acids is 1. The van der Waals surface area contributed by atoms with Crippen LogP contribution in [-0.4, -0.2) is 17.8 Å². The molecule has 1 aromatic carbocycles. The fourth-order valence-corrected chi connectivity index (χ4v) is 1.75. The monoisotopic (exact) mass is 194 g/mol. The fourth-order valence-electron chi connectivity index (χ4n) is 1.34. The van der Waals surface area contributed by atoms with Crippen molar-refractivity contribution < 1.29 is 4.79 Å². The molecule has 0 spiro atoms. The topological polar surface area (TPSA) is 17.1 Å². The van der Waals surface area contributed by atoms with Crippen LogP contribution in [-0.2, 0) is 0 Å². The van der Waals surface area contributed by atoms with Crippen molar-refractivity contribution in [2.24, 2.45) is 0 Å². The Balaban J connectivity index is 2.95. The molecule has 0 N–H and O–H groups in total. The van der Waals surface area contributed by atoms with E-state index in [9.17, 15) is 4.79 Å². The van der Waals surface area contributed by atoms with Crippen molar-refractivity contribution in [2.75, 3.05) is 12.0 Å². The molecule has 1 rings (SSSR count). The summed E-state index contributed by atoms with van der Waals surface area (Å²) in [5, 5.41) is 0. The van der Waals surface area contributed by atoms with Crippen molar-refractivity contribution in [3.05, 3.63) is 34.9 Å². The summed E-state index contributed by atoms with van der Waals surface area (Å²) in [7, 11) is 0. The van der Waals surface area contributed by atoms with E-state index in [-0.39, 0.29) is 5.78 Å². The maximum Gasteiger partial charge on any atom is 0.172 e. The molecule has 0 aliphatic heterocycles. The van der Waals surface area contributed by atoms with Gasteiger partial charge in [-0.3, -0.25) is 4.79 Å². The van der Waals surface area contributed by atoms with Gasteiger partial charge in [0.15, 0.2) is 5.78 Å². The van der Waals surface area contributed by atoms with Gasteiger partial charge in [-0.2, -0.15) is 11.8 Å². The summed E-state index contributed by atoms with van der Waals surface area (Å²) >= 11 is 1.57. The lowest BCUT2D eigenvalue weighted by Gasteiger charge is -2.04. The van der Waals surface area contributed by atoms with Crippen molar-refractivity contribution in [3.8, 4) is 0 Å². The molecule has 0 radical (unpaired) electrons. The van der Waals surface area contributed by atoms with Gasteiger partial charge in [0.05, 0.1) is 5.75 Å². The lowest BCUT2D eigenvalue weighted by molar-refractivity contribution is 0.102. The molecule has 0 bridgehead atoms. The Morgan fingerprint density at radius 2 is 2.08 bits per heavy atom. The first kappa shape index (κ1) is 10.3. The van der Waals surface area contributed by atoms with E-state index in [0.717, 1.165) is 11.1 Å². The van der Waals surface area contributed by atoms with E-state index in [1.165, 1.54) is 5.56 Å². The van der Waals surface area contributed by atoms with Gasteiger partial charge in [-0.15, -0.1) is 0 Å². The number of benzene rings is 1. The van der Waals surface area contributed by atoms with Crippen molar-refractivity contribution in [3.63, 3.8) is 0 Å². The summed E-state index contributed by atoms with van der Waals surface area (Å²) in [6.07, 6.45) is 1.95. The van der Waals surface area contributed by atoms with Gasteiger partial charge in [0.25, 0.3) is 0 Å². The maximum atomic E-state index is 11.6. The Morgan fingerprint density at radius 3 is 2.62 bits per heavy atom. The minimum absolute atomic E-state index is 0.227. The highest BCUT2D eigenvalue weighted by atomic mass is 32.2. The number of hydrogen-bond acceptors (Lipinski definition) is 2. The highest BCUT2D eigenvalue weighted by Gasteiger charge is 2.07. The summed E-state index contributed by atoms with van der Waals surface area (Å²) in [5.41, 5.74) is 3.15. The smallest absolute Gasteiger partial charge is 0.172 e. The van der Waals surface area contributed by atoms with Gasteiger partial charge in [0, 0.05) is 5.56 Å². The third kappa shape index (κ3) is 2.59. The Labute approximate surface area is 83.5 Å². The second kappa shape index (κ2) is 4.47. The molecule has 2 heteroatoms. The number of carbonyl (C=O) groups is 1. The molecular weight excluding hydrogens is 180 g/mol. The number of aryl methyl sites for hydroxylation is 2. The van der Waals surface area contributed by atoms with Crippen molar-refractivity contribution in [2.45, 2.75) is 13.8 Å². The van der Waals surface area contributed by atoms with Gasteiger partial charge in [-0.05, 0) is 25.7 Å². The Kier molecular flexibility index (Phi) is 3.55. The molecule has 0 unspecified atom stereocenters. The van der Waals surface area contributed by atoms with Crippen molar-refractivity contribution in [1.29, 1.82) is 0 Å². The zero-order valence-corrected chi connectivity index (χ0v) is 9.07. The van der Waals surface area contributed by atoms with Gasteiger partial charge < -0.3 is 0 Å². The third-order valence-electron chi connectivity index (χ3n) is 1.96. The van der Waals surface area contributed by atoms with E-state index in [0.29, 0.717) is 5.75 Å². The molecule has 0 saturated carbocycles. The molecule has 13 heavy (non-hydrogen) atoms. The lowest BCUT2D eigenvalue weighted by atomic mass is 10.0. The molecule has 0 aromatic heterocycles. The first-order valence-electron chi connectivity index (χ1n) is 4.24. The average molecular weight is 194 g/mol. The standard InChI is InChI=1S/C11H14OS/c1-8-4-5-10(9(2)6-8)11(12)7-13-3/h4-6H,7H2,1-3H3. The predicted octanol–water partition coefficient (Wildman–Crippen LogP) is 2.85. The minimum atomic E-state index is 0.227. The van der Waals surface area contributed by atoms with E-state index < -0.39 is 0 Å². The second-order valence-electron chi connectivity index (χ2n) is 3.17. The number of thioether (sulfide) groups is 1. The third-order valence-corrected chi connectivity index (χ3v) is 2.51. The highest BCUT2D eigenvalue weighted by Crippen LogP contribution is 2.12. The summed E-state index contributed by atoms with van der Waals surface area (Å²) in [6, 6.07) is 5.96. The second-order valence-corrected chi connectivity index (χ2v) is 4.04. The van der Waals surface area contributed by atoms with Crippen LogP contribution in [0.5, 0.6) is 0 Å². The molecule has 0 aliphatic rings. The minimum Gasteiger partial charge on any atom is -0.293 e. The van der Waals surface area contributed by atoms with E-state index >= 15 is 0 Å². The zero-order chi connectivity index (χ0) is 9.84. The lowest BCUT2D eigenvalue weighted by Crippen LogP contribution is -2.04. The normalized spacial score (nSPS) is 10.1. The molecular formula is C11H14OS. The number of rotatable bonds is 3. The summed E-state index contributed by atoms with van der Waals surface area (Å²) in [5.74, 6) is 0.800. The van der Waals surface area contributed by atoms with Crippen LogP contribution in [0, 0.1) is 13.8 Å². The van der Waals surface area contributed by atoms with Crippen molar-refractivity contribution in [1.82, 2.24) is 0 Å². The molecule has 0 atom stereocenters. The summed E-state index contributed by atoms with van der Waals surface area (Å²) in [6.45, 7) is 4.02. The summed E-state index contributed by atoms with van der Waals surface area (Å²) in [4.78, 5) is 11.6. The predicted molar refractivity (Wildman–Crippen MR) is 58.6 cm³/mol. The Bertz CT molecular complexity index is 318. The molecule has 0 heterocycles. The fraction of sp³-hybridized carbons (Fsp3) is 0.364. The molecule has 0 saturated heterocycles. The van der Waals surface area contributed by atoms with Crippen LogP contribution in [0.1, 0.15) is 21.5 Å². The van der Waals surface area contributed by atoms with Crippen LogP contribution >= 0.6 is 11.8 Å². The van der Waals surface area contributed by atoms with E-state index in [2.05, 4.69) is 0 Å². The van der Waals surface area contributed by atoms with Gasteiger partial charge in [0.2, 0.25) is 0 Å². The summed E-state index contributed by atoms with van der Waals surface area (Å²) < 4.78 is 0. The highest BCUT2D eigenvalue weighted by molar-refractivity contribution is 7.99. The van der Waals surface area contributed by atoms with E-state index in [1.54, 1.807) is 11.8 Å². The molecule has 0 amide bonds. The van der Waals surface area contributed by atoms with Gasteiger partial charge >= 0.3 is 0 Å². The Morgan fingerprint density at radius 1 is 1.38 bits per heavy atom. The molecule has 0 aliphatic carbocycles. The average Bonchev–Trinajstić information content (AvgIpc) is 2.04. The van der Waals surface area contributed by atoms with Crippen LogP contribution in [0.15, 0.2) is 18.2 Å². The SMILES string of the molecule is CSCC(=O)c1ccc(C)cc1C. The molecule has 1 nitrogen and oxygen atoms in total. The van der Waals surface area contributed by atoms with Gasteiger partial charge in [-0.25, -0.2) is 0 Å². The number of ketones is 1. The maximum absolute atomic E-state index is 11.6. The molecule has 0 fully saturated rings. The van der Waals surface area contributed by atoms with Crippen LogP contribution < -0.4 is 0 Å².